The van der Waals surface area contributed by atoms with E-state index in [1.54, 1.807) is 0 Å². The zero-order valence-electron chi connectivity index (χ0n) is 6.94. The Hall–Kier alpha value is -0.274. The number of hydrogen-bond donors (Lipinski definition) is 1. The first-order valence-electron chi connectivity index (χ1n) is 3.26. The Labute approximate surface area is 123 Å². The predicted molar refractivity (Wildman–Crippen MR) is 49.8 cm³/mol. The second-order valence-corrected chi connectivity index (χ2v) is 2.16. The van der Waals surface area contributed by atoms with Gasteiger partial charge in [-0.2, -0.15) is 0 Å². The van der Waals surface area contributed by atoms with Crippen molar-refractivity contribution < 1.29 is 24.2 Å². The van der Waals surface area contributed by atoms with Crippen LogP contribution < -0.4 is 0 Å². The molecule has 0 aliphatic carbocycles. The van der Waals surface area contributed by atoms with E-state index in [1.807, 2.05) is 0 Å². The second-order valence-electron chi connectivity index (χ2n) is 2.16. The summed E-state index contributed by atoms with van der Waals surface area (Å²) in [5, 5.41) is 7.89. The second kappa shape index (κ2) is 8.07. The summed E-state index contributed by atoms with van der Waals surface area (Å²) >= 11 is 0. The van der Waals surface area contributed by atoms with Crippen LogP contribution in [-0.2, 0) is 19.1 Å². The van der Waals surface area contributed by atoms with E-state index in [9.17, 15) is 14.4 Å². The van der Waals surface area contributed by atoms with Crippen LogP contribution in [0, 0.1) is 0 Å². The Kier molecular flexibility index (Phi) is 9.32. The van der Waals surface area contributed by atoms with Crippen molar-refractivity contribution in [3.8, 4) is 0 Å². The molecular formula is C8H9KO5. The van der Waals surface area contributed by atoms with Crippen LogP contribution in [0.1, 0.15) is 6.92 Å². The van der Waals surface area contributed by atoms with Gasteiger partial charge in [0.25, 0.3) is 0 Å². The van der Waals surface area contributed by atoms with Crippen molar-refractivity contribution in [1.29, 1.82) is 0 Å². The maximum absolute atomic E-state index is 9.92. The van der Waals surface area contributed by atoms with Crippen LogP contribution in [0.25, 0.3) is 0 Å². The average Bonchev–Trinajstić information content (AvgIpc) is 2.35. The Morgan fingerprint density at radius 2 is 1.64 bits per heavy atom. The molecule has 0 saturated carbocycles. The van der Waals surface area contributed by atoms with E-state index in [4.69, 9.17) is 5.11 Å². The molecule has 0 amide bonds. The van der Waals surface area contributed by atoms with E-state index >= 15 is 0 Å². The van der Waals surface area contributed by atoms with Crippen molar-refractivity contribution >= 4 is 69.3 Å². The molecular weight excluding hydrogens is 215 g/mol. The van der Waals surface area contributed by atoms with Crippen LogP contribution in [0.4, 0.5) is 0 Å². The molecule has 0 bridgehead atoms. The molecule has 0 aromatic rings. The van der Waals surface area contributed by atoms with Crippen molar-refractivity contribution in [2.45, 2.75) is 6.92 Å². The molecule has 0 spiro atoms. The molecule has 0 unspecified atom stereocenters. The van der Waals surface area contributed by atoms with Gasteiger partial charge in [0.2, 0.25) is 0 Å². The summed E-state index contributed by atoms with van der Waals surface area (Å²) in [6.45, 7) is 4.60. The number of hydrogen-bond acceptors (Lipinski definition) is 4. The van der Waals surface area contributed by atoms with E-state index in [0.717, 1.165) is 12.2 Å². The standard InChI is InChI=1S/C4H2O3.C4H6O2.K.H/c5-3-1-2-4(6)7-3;1-3(2)4(5)6;;/h1-2H;1H2,2H3,(H,5,6);;. The first-order valence-corrected chi connectivity index (χ1v) is 3.26. The van der Waals surface area contributed by atoms with Crippen LogP contribution in [0.3, 0.4) is 0 Å². The molecule has 0 aromatic carbocycles. The Morgan fingerprint density at radius 3 is 1.71 bits per heavy atom. The van der Waals surface area contributed by atoms with Gasteiger partial charge in [0.15, 0.2) is 0 Å². The summed E-state index contributed by atoms with van der Waals surface area (Å²) in [5.74, 6) is -2.09. The van der Waals surface area contributed by atoms with Gasteiger partial charge in [0.05, 0.1) is 0 Å². The molecule has 0 atom stereocenters. The summed E-state index contributed by atoms with van der Waals surface area (Å²) in [4.78, 5) is 29.4. The first-order chi connectivity index (χ1) is 5.93. The summed E-state index contributed by atoms with van der Waals surface area (Å²) in [6, 6.07) is 0. The fraction of sp³-hybridized carbons (Fsp3) is 0.125. The topological polar surface area (TPSA) is 80.7 Å². The van der Waals surface area contributed by atoms with Crippen LogP contribution in [0.15, 0.2) is 24.3 Å². The molecule has 0 radical (unpaired) electrons. The van der Waals surface area contributed by atoms with Crippen LogP contribution >= 0.6 is 0 Å². The van der Waals surface area contributed by atoms with Gasteiger partial charge in [-0.25, -0.2) is 14.4 Å². The van der Waals surface area contributed by atoms with E-state index in [0.29, 0.717) is 0 Å². The third-order valence-corrected chi connectivity index (χ3v) is 0.922. The monoisotopic (exact) mass is 224 g/mol. The van der Waals surface area contributed by atoms with Gasteiger partial charge in [0.1, 0.15) is 0 Å². The Morgan fingerprint density at radius 1 is 1.36 bits per heavy atom. The molecule has 5 nitrogen and oxygen atoms in total. The van der Waals surface area contributed by atoms with Gasteiger partial charge in [0, 0.05) is 17.7 Å². The van der Waals surface area contributed by atoms with E-state index < -0.39 is 17.9 Å². The van der Waals surface area contributed by atoms with E-state index in [2.05, 4.69) is 11.3 Å². The average molecular weight is 224 g/mol. The van der Waals surface area contributed by atoms with Gasteiger partial charge in [-0.3, -0.25) is 0 Å². The zero-order valence-corrected chi connectivity index (χ0v) is 6.94. The first kappa shape index (κ1) is 16.2. The van der Waals surface area contributed by atoms with Gasteiger partial charge in [-0.05, 0) is 6.92 Å². The molecule has 0 aromatic heterocycles. The number of rotatable bonds is 1. The van der Waals surface area contributed by atoms with Gasteiger partial charge in [-0.15, -0.1) is 0 Å². The fourth-order valence-electron chi connectivity index (χ4n) is 0.303. The van der Waals surface area contributed by atoms with Crippen molar-refractivity contribution in [1.82, 2.24) is 0 Å². The van der Waals surface area contributed by atoms with E-state index in [-0.39, 0.29) is 57.0 Å². The molecule has 1 aliphatic rings. The van der Waals surface area contributed by atoms with Crippen LogP contribution in [-0.4, -0.2) is 74.4 Å². The third kappa shape index (κ3) is 8.33. The minimum atomic E-state index is -0.935. The zero-order chi connectivity index (χ0) is 10.4. The summed E-state index contributed by atoms with van der Waals surface area (Å²) in [7, 11) is 0. The van der Waals surface area contributed by atoms with Crippen LogP contribution in [0.2, 0.25) is 0 Å². The number of cyclic esters (lactones) is 2. The Balaban J connectivity index is 0. The van der Waals surface area contributed by atoms with Gasteiger partial charge < -0.3 is 9.84 Å². The number of carboxylic acids is 1. The number of carbonyl (C=O) groups is 3. The normalized spacial score (nSPS) is 12.1. The quantitative estimate of drug-likeness (QED) is 0.284. The summed E-state index contributed by atoms with van der Waals surface area (Å²) in [6.07, 6.45) is 2.17. The SMILES string of the molecule is C=C(C)C(=O)O.O=C1C=CC(=O)O1.[KH]. The molecule has 1 aliphatic heterocycles. The van der Waals surface area contributed by atoms with Crippen molar-refractivity contribution in [3.05, 3.63) is 24.3 Å². The molecule has 14 heavy (non-hydrogen) atoms. The number of aliphatic carboxylic acids is 1. The van der Waals surface area contributed by atoms with Gasteiger partial charge in [-0.1, -0.05) is 6.58 Å². The van der Waals surface area contributed by atoms with Gasteiger partial charge >= 0.3 is 69.3 Å². The molecule has 1 rings (SSSR count). The minimum absolute atomic E-state index is 0. The molecule has 0 fully saturated rings. The Bertz CT molecular complexity index is 264. The number of carboxylic acid groups (broad SMARTS) is 1. The third-order valence-electron chi connectivity index (χ3n) is 0.922. The van der Waals surface area contributed by atoms with Crippen molar-refractivity contribution in [2.75, 3.05) is 0 Å². The molecule has 1 N–H and O–H groups in total. The maximum atomic E-state index is 9.92. The summed E-state index contributed by atoms with van der Waals surface area (Å²) < 4.78 is 3.97. The van der Waals surface area contributed by atoms with E-state index in [1.165, 1.54) is 6.92 Å². The summed E-state index contributed by atoms with van der Waals surface area (Å²) in [5.41, 5.74) is 0.176. The number of esters is 2. The predicted octanol–water partition coefficient (Wildman–Crippen LogP) is -0.375. The number of ether oxygens (including phenoxy) is 1. The molecule has 72 valence electrons. The molecule has 1 heterocycles. The van der Waals surface area contributed by atoms with Crippen LogP contribution in [0.5, 0.6) is 0 Å². The fourth-order valence-corrected chi connectivity index (χ4v) is 0.303. The number of carbonyl (C=O) groups excluding carboxylic acids is 2. The van der Waals surface area contributed by atoms with Crippen molar-refractivity contribution in [2.24, 2.45) is 0 Å². The molecule has 6 heteroatoms. The van der Waals surface area contributed by atoms with Crippen molar-refractivity contribution in [3.63, 3.8) is 0 Å². The molecule has 0 saturated heterocycles.